The number of hydrogen-bond donors (Lipinski definition) is 1. The van der Waals surface area contributed by atoms with Gasteiger partial charge in [-0.25, -0.2) is 0 Å². The molecule has 1 N–H and O–H groups in total. The van der Waals surface area contributed by atoms with Gasteiger partial charge in [0.25, 0.3) is 0 Å². The molecule has 1 aliphatic rings. The molecule has 2 atom stereocenters. The maximum atomic E-state index is 11.8. The van der Waals surface area contributed by atoms with Gasteiger partial charge >= 0.3 is 5.97 Å². The van der Waals surface area contributed by atoms with Crippen molar-refractivity contribution in [3.8, 4) is 0 Å². The molecular weight excluding hydrogens is 222 g/mol. The fourth-order valence-corrected chi connectivity index (χ4v) is 2.15. The van der Waals surface area contributed by atoms with Gasteiger partial charge in [-0.2, -0.15) is 0 Å². The van der Waals surface area contributed by atoms with Crippen LogP contribution in [0.15, 0.2) is 0 Å². The Morgan fingerprint density at radius 2 is 2.18 bits per heavy atom. The zero-order valence-electron chi connectivity index (χ0n) is 10.5. The van der Waals surface area contributed by atoms with Crippen molar-refractivity contribution in [2.75, 3.05) is 19.8 Å². The van der Waals surface area contributed by atoms with E-state index >= 15 is 0 Å². The summed E-state index contributed by atoms with van der Waals surface area (Å²) in [7, 11) is 0. The van der Waals surface area contributed by atoms with Gasteiger partial charge in [0, 0.05) is 19.2 Å². The van der Waals surface area contributed by atoms with E-state index in [-0.39, 0.29) is 24.5 Å². The molecule has 1 fully saturated rings. The lowest BCUT2D eigenvalue weighted by molar-refractivity contribution is -0.149. The number of aliphatic carboxylic acids is 1. The number of carbonyl (C=O) groups is 2. The maximum absolute atomic E-state index is 11.8. The molecule has 0 aromatic rings. The Morgan fingerprint density at radius 1 is 1.47 bits per heavy atom. The van der Waals surface area contributed by atoms with Gasteiger partial charge in [-0.05, 0) is 26.2 Å². The molecule has 0 bridgehead atoms. The third-order valence-electron chi connectivity index (χ3n) is 3.12. The van der Waals surface area contributed by atoms with Crippen LogP contribution in [0.5, 0.6) is 0 Å². The number of amides is 1. The average Bonchev–Trinajstić information content (AvgIpc) is 2.28. The number of hydrogen-bond acceptors (Lipinski definition) is 3. The molecular formula is C12H21NO4. The highest BCUT2D eigenvalue weighted by Gasteiger charge is 2.31. The predicted octanol–water partition coefficient (Wildman–Crippen LogP) is 1.12. The number of carbonyl (C=O) groups excluding carboxylic acids is 1. The lowest BCUT2D eigenvalue weighted by atomic mass is 9.92. The van der Waals surface area contributed by atoms with Gasteiger partial charge in [-0.15, -0.1) is 0 Å². The van der Waals surface area contributed by atoms with Gasteiger partial charge in [0.2, 0.25) is 5.91 Å². The van der Waals surface area contributed by atoms with Gasteiger partial charge in [-0.1, -0.05) is 6.92 Å². The Bertz CT molecular complexity index is 280. The molecule has 17 heavy (non-hydrogen) atoms. The summed E-state index contributed by atoms with van der Waals surface area (Å²) in [5.74, 6) is -1.11. The number of carboxylic acids is 1. The van der Waals surface area contributed by atoms with E-state index in [2.05, 4.69) is 0 Å². The van der Waals surface area contributed by atoms with E-state index in [0.717, 1.165) is 6.42 Å². The van der Waals surface area contributed by atoms with Gasteiger partial charge < -0.3 is 14.7 Å². The quantitative estimate of drug-likeness (QED) is 0.735. The van der Waals surface area contributed by atoms with Crippen LogP contribution in [0.4, 0.5) is 0 Å². The van der Waals surface area contributed by atoms with Gasteiger partial charge in [0.05, 0.1) is 5.92 Å². The fourth-order valence-electron chi connectivity index (χ4n) is 2.15. The van der Waals surface area contributed by atoms with Crippen LogP contribution in [0, 0.1) is 5.92 Å². The van der Waals surface area contributed by atoms with E-state index in [9.17, 15) is 9.59 Å². The minimum Gasteiger partial charge on any atom is -0.481 e. The molecule has 0 aromatic carbocycles. The molecule has 0 aromatic heterocycles. The van der Waals surface area contributed by atoms with Gasteiger partial charge in [-0.3, -0.25) is 9.59 Å². The Hall–Kier alpha value is -1.10. The number of piperidine rings is 1. The van der Waals surface area contributed by atoms with Crippen LogP contribution in [0.1, 0.15) is 33.1 Å². The molecule has 1 aliphatic heterocycles. The number of likely N-dealkylation sites (tertiary alicyclic amines) is 1. The van der Waals surface area contributed by atoms with E-state index in [4.69, 9.17) is 9.84 Å². The molecule has 1 amide bonds. The number of carboxylic acid groups (broad SMARTS) is 1. The van der Waals surface area contributed by atoms with E-state index in [0.29, 0.717) is 26.0 Å². The number of rotatable bonds is 5. The van der Waals surface area contributed by atoms with Crippen molar-refractivity contribution >= 4 is 11.9 Å². The molecule has 0 spiro atoms. The smallest absolute Gasteiger partial charge is 0.306 e. The zero-order chi connectivity index (χ0) is 12.8. The molecule has 0 saturated carbocycles. The second-order valence-electron chi connectivity index (χ2n) is 4.55. The zero-order valence-corrected chi connectivity index (χ0v) is 10.5. The molecule has 1 rings (SSSR count). The first-order valence-electron chi connectivity index (χ1n) is 6.16. The summed E-state index contributed by atoms with van der Waals surface area (Å²) in [6, 6.07) is -0.0115. The molecule has 0 radical (unpaired) electrons. The summed E-state index contributed by atoms with van der Waals surface area (Å²) in [6.45, 7) is 5.10. The van der Waals surface area contributed by atoms with Crippen LogP contribution in [0.3, 0.4) is 0 Å². The normalized spacial score (nSPS) is 24.7. The van der Waals surface area contributed by atoms with Crippen molar-refractivity contribution < 1.29 is 19.4 Å². The molecule has 98 valence electrons. The Balaban J connectivity index is 2.40. The highest BCUT2D eigenvalue weighted by atomic mass is 16.5. The molecule has 2 unspecified atom stereocenters. The lowest BCUT2D eigenvalue weighted by Crippen LogP contribution is -2.47. The summed E-state index contributed by atoms with van der Waals surface area (Å²) >= 11 is 0. The highest BCUT2D eigenvalue weighted by molar-refractivity contribution is 5.78. The van der Waals surface area contributed by atoms with Crippen LogP contribution < -0.4 is 0 Å². The van der Waals surface area contributed by atoms with Crippen molar-refractivity contribution in [1.29, 1.82) is 0 Å². The van der Waals surface area contributed by atoms with Crippen molar-refractivity contribution in [3.63, 3.8) is 0 Å². The largest absolute Gasteiger partial charge is 0.481 e. The minimum absolute atomic E-state index is 0.0115. The second kappa shape index (κ2) is 6.59. The van der Waals surface area contributed by atoms with Crippen LogP contribution >= 0.6 is 0 Å². The van der Waals surface area contributed by atoms with Crippen molar-refractivity contribution in [2.45, 2.75) is 39.2 Å². The predicted molar refractivity (Wildman–Crippen MR) is 62.6 cm³/mol. The molecule has 1 saturated heterocycles. The van der Waals surface area contributed by atoms with Crippen LogP contribution in [-0.2, 0) is 14.3 Å². The SMILES string of the molecule is CCCOCC(=O)N1CCC(C(=O)O)CC1C. The summed E-state index contributed by atoms with van der Waals surface area (Å²) in [5.41, 5.74) is 0. The Kier molecular flexibility index (Phi) is 5.41. The first-order chi connectivity index (χ1) is 8.06. The van der Waals surface area contributed by atoms with Gasteiger partial charge in [0.1, 0.15) is 6.61 Å². The standard InChI is InChI=1S/C12H21NO4/c1-3-6-17-8-11(14)13-5-4-10(12(15)16)7-9(13)2/h9-10H,3-8H2,1-2H3,(H,15,16). The van der Waals surface area contributed by atoms with Crippen molar-refractivity contribution in [3.05, 3.63) is 0 Å². The molecule has 1 heterocycles. The van der Waals surface area contributed by atoms with Crippen LogP contribution in [-0.4, -0.2) is 47.7 Å². The van der Waals surface area contributed by atoms with Gasteiger partial charge in [0.15, 0.2) is 0 Å². The number of nitrogens with zero attached hydrogens (tertiary/aromatic N) is 1. The topological polar surface area (TPSA) is 66.8 Å². The third kappa shape index (κ3) is 4.00. The van der Waals surface area contributed by atoms with Crippen molar-refractivity contribution in [2.24, 2.45) is 5.92 Å². The third-order valence-corrected chi connectivity index (χ3v) is 3.12. The second-order valence-corrected chi connectivity index (χ2v) is 4.55. The van der Waals surface area contributed by atoms with E-state index < -0.39 is 5.97 Å². The molecule has 5 nitrogen and oxygen atoms in total. The monoisotopic (exact) mass is 243 g/mol. The average molecular weight is 243 g/mol. The van der Waals surface area contributed by atoms with E-state index in [1.54, 1.807) is 4.90 Å². The lowest BCUT2D eigenvalue weighted by Gasteiger charge is -2.36. The van der Waals surface area contributed by atoms with Crippen molar-refractivity contribution in [1.82, 2.24) is 4.90 Å². The highest BCUT2D eigenvalue weighted by Crippen LogP contribution is 2.22. The summed E-state index contributed by atoms with van der Waals surface area (Å²) < 4.78 is 5.21. The maximum Gasteiger partial charge on any atom is 0.306 e. The fraction of sp³-hybridized carbons (Fsp3) is 0.833. The Labute approximate surface area is 102 Å². The minimum atomic E-state index is -0.758. The Morgan fingerprint density at radius 3 is 2.71 bits per heavy atom. The van der Waals surface area contributed by atoms with E-state index in [1.807, 2.05) is 13.8 Å². The number of ether oxygens (including phenoxy) is 1. The summed E-state index contributed by atoms with van der Waals surface area (Å²) in [4.78, 5) is 24.4. The van der Waals surface area contributed by atoms with Crippen LogP contribution in [0.25, 0.3) is 0 Å². The van der Waals surface area contributed by atoms with E-state index in [1.165, 1.54) is 0 Å². The van der Waals surface area contributed by atoms with Crippen LogP contribution in [0.2, 0.25) is 0 Å². The molecule has 5 heteroatoms. The first-order valence-corrected chi connectivity index (χ1v) is 6.16. The molecule has 0 aliphatic carbocycles. The first kappa shape index (κ1) is 14.0. The summed E-state index contributed by atoms with van der Waals surface area (Å²) in [5, 5.41) is 8.93. The summed E-state index contributed by atoms with van der Waals surface area (Å²) in [6.07, 6.45) is 1.97.